The lowest BCUT2D eigenvalue weighted by Crippen LogP contribution is -2.00. The van der Waals surface area contributed by atoms with Gasteiger partial charge >= 0.3 is 0 Å². The van der Waals surface area contributed by atoms with E-state index in [0.717, 1.165) is 40.2 Å². The summed E-state index contributed by atoms with van der Waals surface area (Å²) in [4.78, 5) is 0. The summed E-state index contributed by atoms with van der Waals surface area (Å²) in [6.07, 6.45) is 3.58. The Morgan fingerprint density at radius 1 is 1.08 bits per heavy atom. The van der Waals surface area contributed by atoms with Gasteiger partial charge in [0.25, 0.3) is 0 Å². The molecule has 0 spiro atoms. The minimum Gasteiger partial charge on any atom is -0.191 e. The van der Waals surface area contributed by atoms with Crippen LogP contribution in [0.4, 0.5) is 0 Å². The first-order valence-electron chi connectivity index (χ1n) is 8.27. The molecule has 3 aromatic rings. The molecule has 0 aliphatic carbocycles. The average molecular weight is 405 g/mol. The van der Waals surface area contributed by atoms with Gasteiger partial charge in [0, 0.05) is 22.2 Å². The Morgan fingerprint density at radius 3 is 2.62 bits per heavy atom. The van der Waals surface area contributed by atoms with Crippen molar-refractivity contribution in [2.75, 3.05) is 0 Å². The predicted octanol–water partition coefficient (Wildman–Crippen LogP) is 5.71. The third-order valence-corrected chi connectivity index (χ3v) is 5.08. The lowest BCUT2D eigenvalue weighted by molar-refractivity contribution is 0.700. The second kappa shape index (κ2) is 9.21. The highest BCUT2D eigenvalue weighted by molar-refractivity contribution is 7.98. The van der Waals surface area contributed by atoms with Gasteiger partial charge in [0.1, 0.15) is 0 Å². The Bertz CT molecular complexity index is 891. The molecule has 0 saturated carbocycles. The molecule has 0 radical (unpaired) electrons. The second-order valence-corrected chi connectivity index (χ2v) is 7.49. The van der Waals surface area contributed by atoms with Crippen LogP contribution in [0.3, 0.4) is 0 Å². The molecule has 0 aliphatic rings. The van der Waals surface area contributed by atoms with Crippen LogP contribution >= 0.6 is 35.0 Å². The number of aromatic nitrogens is 3. The Labute approximate surface area is 167 Å². The lowest BCUT2D eigenvalue weighted by Gasteiger charge is -2.04. The van der Waals surface area contributed by atoms with E-state index in [-0.39, 0.29) is 0 Å². The minimum absolute atomic E-state index is 0.684. The first-order chi connectivity index (χ1) is 12.7. The van der Waals surface area contributed by atoms with Gasteiger partial charge in [-0.2, -0.15) is 9.78 Å². The Kier molecular flexibility index (Phi) is 6.72. The molecule has 0 bridgehead atoms. The standard InChI is InChI=1S/C19H18Cl2N4S/c1-2-4-18-23-24-19(26-13-14-7-9-16(20)10-8-14)25(18)22-12-15-5-3-6-17(21)11-15/h3,5-12H,2,4,13H2,1H3/b22-12-. The largest absolute Gasteiger partial charge is 0.212 e. The summed E-state index contributed by atoms with van der Waals surface area (Å²) in [6, 6.07) is 15.4. The van der Waals surface area contributed by atoms with Gasteiger partial charge in [-0.1, -0.05) is 66.2 Å². The van der Waals surface area contributed by atoms with Crippen LogP contribution in [0, 0.1) is 0 Å². The van der Waals surface area contributed by atoms with E-state index in [0.29, 0.717) is 5.02 Å². The first kappa shape index (κ1) is 19.0. The Hall–Kier alpha value is -1.82. The smallest absolute Gasteiger partial charge is 0.191 e. The molecule has 0 aliphatic heterocycles. The molecule has 1 aromatic heterocycles. The molecule has 3 rings (SSSR count). The maximum atomic E-state index is 6.04. The molecule has 0 fully saturated rings. The van der Waals surface area contributed by atoms with E-state index in [2.05, 4.69) is 22.2 Å². The number of benzene rings is 2. The quantitative estimate of drug-likeness (QED) is 0.373. The average Bonchev–Trinajstić information content (AvgIpc) is 3.02. The zero-order chi connectivity index (χ0) is 18.4. The molecule has 0 unspecified atom stereocenters. The summed E-state index contributed by atoms with van der Waals surface area (Å²) in [6.45, 7) is 2.11. The van der Waals surface area contributed by atoms with E-state index in [1.54, 1.807) is 18.0 Å². The van der Waals surface area contributed by atoms with E-state index < -0.39 is 0 Å². The SMILES string of the molecule is CCCc1nnc(SCc2ccc(Cl)cc2)n1/N=C\c1cccc(Cl)c1. The van der Waals surface area contributed by atoms with Gasteiger partial charge < -0.3 is 0 Å². The summed E-state index contributed by atoms with van der Waals surface area (Å²) >= 11 is 13.6. The topological polar surface area (TPSA) is 43.1 Å². The summed E-state index contributed by atoms with van der Waals surface area (Å²) < 4.78 is 1.81. The maximum absolute atomic E-state index is 6.04. The van der Waals surface area contributed by atoms with Crippen LogP contribution in [-0.4, -0.2) is 21.1 Å². The van der Waals surface area contributed by atoms with E-state index >= 15 is 0 Å². The van der Waals surface area contributed by atoms with Crippen molar-refractivity contribution in [3.8, 4) is 0 Å². The van der Waals surface area contributed by atoms with E-state index in [9.17, 15) is 0 Å². The van der Waals surface area contributed by atoms with Crippen molar-refractivity contribution >= 4 is 41.2 Å². The molecule has 0 saturated heterocycles. The molecule has 0 amide bonds. The van der Waals surface area contributed by atoms with Crippen LogP contribution in [0.25, 0.3) is 0 Å². The van der Waals surface area contributed by atoms with Crippen LogP contribution in [0.5, 0.6) is 0 Å². The van der Waals surface area contributed by atoms with Gasteiger partial charge in [-0.05, 0) is 41.8 Å². The zero-order valence-electron chi connectivity index (χ0n) is 14.3. The summed E-state index contributed by atoms with van der Waals surface area (Å²) in [5.41, 5.74) is 2.10. The Balaban J connectivity index is 1.80. The highest BCUT2D eigenvalue weighted by atomic mass is 35.5. The van der Waals surface area contributed by atoms with Gasteiger partial charge in [0.15, 0.2) is 5.82 Å². The molecule has 2 aromatic carbocycles. The maximum Gasteiger partial charge on any atom is 0.212 e. The molecule has 0 N–H and O–H groups in total. The van der Waals surface area contributed by atoms with Crippen molar-refractivity contribution in [3.63, 3.8) is 0 Å². The highest BCUT2D eigenvalue weighted by Gasteiger charge is 2.11. The van der Waals surface area contributed by atoms with Gasteiger partial charge in [-0.25, -0.2) is 0 Å². The third kappa shape index (κ3) is 5.10. The van der Waals surface area contributed by atoms with Crippen molar-refractivity contribution in [1.29, 1.82) is 0 Å². The molecular formula is C19H18Cl2N4S. The van der Waals surface area contributed by atoms with Gasteiger partial charge in [0.05, 0.1) is 6.21 Å². The van der Waals surface area contributed by atoms with E-state index in [1.165, 1.54) is 5.56 Å². The summed E-state index contributed by atoms with van der Waals surface area (Å²) in [5.74, 6) is 1.62. The fraction of sp³-hybridized carbons (Fsp3) is 0.211. The van der Waals surface area contributed by atoms with Crippen molar-refractivity contribution < 1.29 is 0 Å². The fourth-order valence-electron chi connectivity index (χ4n) is 2.32. The van der Waals surface area contributed by atoms with Gasteiger partial charge in [-0.3, -0.25) is 0 Å². The van der Waals surface area contributed by atoms with E-state index in [1.807, 2.05) is 53.2 Å². The first-order valence-corrected chi connectivity index (χ1v) is 10.0. The summed E-state index contributed by atoms with van der Waals surface area (Å²) in [5, 5.41) is 15.4. The number of nitrogens with zero attached hydrogens (tertiary/aromatic N) is 4. The fourth-order valence-corrected chi connectivity index (χ4v) is 3.51. The van der Waals surface area contributed by atoms with Crippen LogP contribution in [-0.2, 0) is 12.2 Å². The predicted molar refractivity (Wildman–Crippen MR) is 109 cm³/mol. The number of aryl methyl sites for hydroxylation is 1. The van der Waals surface area contributed by atoms with Crippen molar-refractivity contribution in [2.45, 2.75) is 30.7 Å². The Morgan fingerprint density at radius 2 is 1.88 bits per heavy atom. The number of rotatable bonds is 7. The second-order valence-electron chi connectivity index (χ2n) is 5.68. The zero-order valence-corrected chi connectivity index (χ0v) is 16.6. The third-order valence-electron chi connectivity index (χ3n) is 3.60. The molecule has 26 heavy (non-hydrogen) atoms. The molecule has 1 heterocycles. The van der Waals surface area contributed by atoms with Crippen molar-refractivity contribution in [3.05, 3.63) is 75.5 Å². The molecule has 0 atom stereocenters. The molecular weight excluding hydrogens is 387 g/mol. The van der Waals surface area contributed by atoms with Crippen LogP contribution < -0.4 is 0 Å². The molecule has 134 valence electrons. The monoisotopic (exact) mass is 404 g/mol. The van der Waals surface area contributed by atoms with Crippen molar-refractivity contribution in [1.82, 2.24) is 14.9 Å². The number of thioether (sulfide) groups is 1. The summed E-state index contributed by atoms with van der Waals surface area (Å²) in [7, 11) is 0. The van der Waals surface area contributed by atoms with Crippen LogP contribution in [0.2, 0.25) is 10.0 Å². The van der Waals surface area contributed by atoms with Gasteiger partial charge in [-0.15, -0.1) is 10.2 Å². The normalized spacial score (nSPS) is 11.3. The minimum atomic E-state index is 0.684. The van der Waals surface area contributed by atoms with Crippen molar-refractivity contribution in [2.24, 2.45) is 5.10 Å². The number of hydrogen-bond donors (Lipinski definition) is 0. The molecule has 4 nitrogen and oxygen atoms in total. The van der Waals surface area contributed by atoms with E-state index in [4.69, 9.17) is 23.2 Å². The highest BCUT2D eigenvalue weighted by Crippen LogP contribution is 2.23. The number of halogens is 2. The molecule has 7 heteroatoms. The van der Waals surface area contributed by atoms with Crippen LogP contribution in [0.1, 0.15) is 30.3 Å². The lowest BCUT2D eigenvalue weighted by atomic mass is 10.2. The number of hydrogen-bond acceptors (Lipinski definition) is 4. The van der Waals surface area contributed by atoms with Gasteiger partial charge in [0.2, 0.25) is 5.16 Å². The van der Waals surface area contributed by atoms with Crippen LogP contribution in [0.15, 0.2) is 58.8 Å².